The molecule has 8 nitrogen and oxygen atoms in total. The van der Waals surface area contributed by atoms with Crippen molar-refractivity contribution in [1.82, 2.24) is 4.57 Å². The molecular formula is C28H28N2O6S. The maximum Gasteiger partial charge on any atom is 0.341 e. The highest BCUT2D eigenvalue weighted by atomic mass is 32.1. The molecule has 0 aliphatic carbocycles. The van der Waals surface area contributed by atoms with Crippen LogP contribution in [0.3, 0.4) is 0 Å². The topological polar surface area (TPSA) is 107 Å². The molecule has 0 fully saturated rings. The molecule has 0 spiro atoms. The Labute approximate surface area is 217 Å². The summed E-state index contributed by atoms with van der Waals surface area (Å²) in [5.74, 6) is -0.789. The third kappa shape index (κ3) is 5.56. The number of carboxylic acids is 1. The number of ether oxygens (including phenoxy) is 2. The number of allylic oxidation sites excluding steroid dienone is 1. The van der Waals surface area contributed by atoms with Crippen LogP contribution in [0.1, 0.15) is 56.3 Å². The van der Waals surface area contributed by atoms with Gasteiger partial charge in [0.1, 0.15) is 5.75 Å². The molecule has 2 aromatic carbocycles. The van der Waals surface area contributed by atoms with E-state index in [0.29, 0.717) is 32.3 Å². The van der Waals surface area contributed by atoms with Crippen LogP contribution in [0.25, 0.3) is 6.08 Å². The highest BCUT2D eigenvalue weighted by molar-refractivity contribution is 7.07. The van der Waals surface area contributed by atoms with E-state index in [1.165, 1.54) is 11.3 Å². The summed E-state index contributed by atoms with van der Waals surface area (Å²) >= 11 is 1.25. The van der Waals surface area contributed by atoms with Gasteiger partial charge in [0.15, 0.2) is 11.4 Å². The summed E-state index contributed by atoms with van der Waals surface area (Å²) in [6, 6.07) is 14.0. The highest BCUT2D eigenvalue weighted by Crippen LogP contribution is 2.31. The molecule has 0 bridgehead atoms. The van der Waals surface area contributed by atoms with Gasteiger partial charge in [-0.2, -0.15) is 0 Å². The Kier molecular flexibility index (Phi) is 7.73. The summed E-state index contributed by atoms with van der Waals surface area (Å²) in [6.45, 7) is 7.50. The Morgan fingerprint density at radius 3 is 2.41 bits per heavy atom. The van der Waals surface area contributed by atoms with Crippen molar-refractivity contribution >= 4 is 29.4 Å². The van der Waals surface area contributed by atoms with Crippen LogP contribution >= 0.6 is 11.3 Å². The van der Waals surface area contributed by atoms with Crippen LogP contribution in [-0.4, -0.2) is 34.8 Å². The van der Waals surface area contributed by atoms with Gasteiger partial charge < -0.3 is 14.6 Å². The SMILES string of the molecule is CCOC(=O)C1=C(C)N=c2s/c(=C/c3ccc(OCC(=O)O)cc3)c(=O)n2[C@@H]1c1ccc(C(C)C)cc1. The predicted octanol–water partition coefficient (Wildman–Crippen LogP) is 3.39. The number of carbonyl (C=O) groups is 2. The first-order valence-electron chi connectivity index (χ1n) is 11.9. The average Bonchev–Trinajstić information content (AvgIpc) is 3.17. The van der Waals surface area contributed by atoms with Gasteiger partial charge in [0.2, 0.25) is 0 Å². The lowest BCUT2D eigenvalue weighted by molar-refractivity contribution is -0.140. The van der Waals surface area contributed by atoms with Gasteiger partial charge in [-0.15, -0.1) is 0 Å². The van der Waals surface area contributed by atoms with Gasteiger partial charge in [0.25, 0.3) is 5.56 Å². The predicted molar refractivity (Wildman–Crippen MR) is 141 cm³/mol. The second-order valence-electron chi connectivity index (χ2n) is 8.88. The van der Waals surface area contributed by atoms with Crippen LogP contribution in [0, 0.1) is 0 Å². The summed E-state index contributed by atoms with van der Waals surface area (Å²) in [5.41, 5.74) is 3.30. The van der Waals surface area contributed by atoms with E-state index in [1.54, 1.807) is 48.8 Å². The molecular weight excluding hydrogens is 492 g/mol. The molecule has 0 saturated heterocycles. The summed E-state index contributed by atoms with van der Waals surface area (Å²) in [6.07, 6.45) is 1.74. The lowest BCUT2D eigenvalue weighted by atomic mass is 9.93. The number of fused-ring (bicyclic) bond motifs is 1. The molecule has 1 aliphatic rings. The van der Waals surface area contributed by atoms with Gasteiger partial charge in [-0.25, -0.2) is 14.6 Å². The quantitative estimate of drug-likeness (QED) is 0.457. The fraction of sp³-hybridized carbons (Fsp3) is 0.286. The Bertz CT molecular complexity index is 1530. The molecule has 1 N–H and O–H groups in total. The Morgan fingerprint density at radius 2 is 1.81 bits per heavy atom. The highest BCUT2D eigenvalue weighted by Gasteiger charge is 2.33. The standard InChI is InChI=1S/C28H28N2O6S/c1-5-35-27(34)24-17(4)29-28-30(25(24)20-10-8-19(9-11-20)16(2)3)26(33)22(37-28)14-18-6-12-21(13-7-18)36-15-23(31)32/h6-14,16,25H,5,15H2,1-4H3,(H,31,32)/b22-14+/t25-/m1/s1. The largest absolute Gasteiger partial charge is 0.482 e. The normalized spacial score (nSPS) is 15.4. The van der Waals surface area contributed by atoms with Gasteiger partial charge >= 0.3 is 11.9 Å². The second kappa shape index (κ2) is 11.0. The van der Waals surface area contributed by atoms with E-state index < -0.39 is 24.6 Å². The van der Waals surface area contributed by atoms with Crippen molar-refractivity contribution < 1.29 is 24.2 Å². The molecule has 0 saturated carbocycles. The number of nitrogens with zero attached hydrogens (tertiary/aromatic N) is 2. The third-order valence-corrected chi connectivity index (χ3v) is 6.96. The summed E-state index contributed by atoms with van der Waals surface area (Å²) in [5, 5.41) is 8.77. The molecule has 4 rings (SSSR count). The zero-order valence-corrected chi connectivity index (χ0v) is 21.9. The molecule has 0 radical (unpaired) electrons. The van der Waals surface area contributed by atoms with Crippen LogP contribution in [0.2, 0.25) is 0 Å². The maximum absolute atomic E-state index is 13.7. The van der Waals surface area contributed by atoms with E-state index in [9.17, 15) is 14.4 Å². The van der Waals surface area contributed by atoms with Crippen molar-refractivity contribution in [3.8, 4) is 5.75 Å². The van der Waals surface area contributed by atoms with Crippen LogP contribution in [0.5, 0.6) is 5.75 Å². The number of esters is 1. The zero-order chi connectivity index (χ0) is 26.7. The number of carbonyl (C=O) groups excluding carboxylic acids is 1. The lowest BCUT2D eigenvalue weighted by Crippen LogP contribution is -2.39. The number of benzene rings is 2. The zero-order valence-electron chi connectivity index (χ0n) is 21.1. The fourth-order valence-electron chi connectivity index (χ4n) is 4.13. The number of thiazole rings is 1. The van der Waals surface area contributed by atoms with E-state index >= 15 is 0 Å². The number of aliphatic carboxylic acids is 1. The van der Waals surface area contributed by atoms with E-state index in [4.69, 9.17) is 14.6 Å². The molecule has 1 atom stereocenters. The summed E-state index contributed by atoms with van der Waals surface area (Å²) in [4.78, 5) is 42.5. The maximum atomic E-state index is 13.7. The molecule has 37 heavy (non-hydrogen) atoms. The van der Waals surface area contributed by atoms with Gasteiger partial charge in [-0.3, -0.25) is 9.36 Å². The molecule has 1 aliphatic heterocycles. The first-order chi connectivity index (χ1) is 17.7. The van der Waals surface area contributed by atoms with Crippen molar-refractivity contribution in [3.05, 3.63) is 96.2 Å². The minimum absolute atomic E-state index is 0.214. The minimum atomic E-state index is -1.06. The average molecular weight is 521 g/mol. The van der Waals surface area contributed by atoms with E-state index in [-0.39, 0.29) is 12.2 Å². The molecule has 1 aromatic heterocycles. The number of aromatic nitrogens is 1. The van der Waals surface area contributed by atoms with Crippen LogP contribution in [-0.2, 0) is 14.3 Å². The summed E-state index contributed by atoms with van der Waals surface area (Å²) in [7, 11) is 0. The van der Waals surface area contributed by atoms with Gasteiger partial charge in [0.05, 0.1) is 28.5 Å². The number of hydrogen-bond acceptors (Lipinski definition) is 7. The van der Waals surface area contributed by atoms with E-state index in [1.807, 2.05) is 24.3 Å². The van der Waals surface area contributed by atoms with Crippen molar-refractivity contribution in [3.63, 3.8) is 0 Å². The van der Waals surface area contributed by atoms with Gasteiger partial charge in [-0.1, -0.05) is 61.6 Å². The van der Waals surface area contributed by atoms with Crippen LogP contribution < -0.4 is 19.6 Å². The smallest absolute Gasteiger partial charge is 0.341 e. The number of rotatable bonds is 8. The molecule has 192 valence electrons. The monoisotopic (exact) mass is 520 g/mol. The Morgan fingerprint density at radius 1 is 1.14 bits per heavy atom. The van der Waals surface area contributed by atoms with Crippen molar-refractivity contribution in [2.75, 3.05) is 13.2 Å². The number of carboxylic acid groups (broad SMARTS) is 1. The first kappa shape index (κ1) is 26.1. The fourth-order valence-corrected chi connectivity index (χ4v) is 5.17. The molecule has 2 heterocycles. The van der Waals surface area contributed by atoms with Crippen LogP contribution in [0.4, 0.5) is 0 Å². The van der Waals surface area contributed by atoms with Crippen molar-refractivity contribution in [2.24, 2.45) is 4.99 Å². The van der Waals surface area contributed by atoms with Gasteiger partial charge in [-0.05, 0) is 54.7 Å². The molecule has 0 amide bonds. The van der Waals surface area contributed by atoms with Crippen molar-refractivity contribution in [1.29, 1.82) is 0 Å². The first-order valence-corrected chi connectivity index (χ1v) is 12.8. The number of hydrogen-bond donors (Lipinski definition) is 1. The van der Waals surface area contributed by atoms with E-state index in [2.05, 4.69) is 18.8 Å². The minimum Gasteiger partial charge on any atom is -0.482 e. The van der Waals surface area contributed by atoms with Gasteiger partial charge in [0, 0.05) is 0 Å². The Hall–Kier alpha value is -3.98. The second-order valence-corrected chi connectivity index (χ2v) is 9.88. The molecule has 9 heteroatoms. The molecule has 3 aromatic rings. The third-order valence-electron chi connectivity index (χ3n) is 5.98. The Balaban J connectivity index is 1.81. The van der Waals surface area contributed by atoms with Crippen LogP contribution in [0.15, 0.2) is 69.6 Å². The van der Waals surface area contributed by atoms with Crippen molar-refractivity contribution in [2.45, 2.75) is 39.7 Å². The molecule has 0 unspecified atom stereocenters. The van der Waals surface area contributed by atoms with E-state index in [0.717, 1.165) is 16.7 Å². The summed E-state index contributed by atoms with van der Waals surface area (Å²) < 4.78 is 12.5. The lowest BCUT2D eigenvalue weighted by Gasteiger charge is -2.25.